The number of β-amino-alcohol motifs (C(OH)–C–C–N with tert-alkyl or cyclic N) is 1. The third-order valence-electron chi connectivity index (χ3n) is 2.39. The topological polar surface area (TPSA) is 60.9 Å². The van der Waals surface area contributed by atoms with Crippen LogP contribution in [0.3, 0.4) is 0 Å². The minimum Gasteiger partial charge on any atom is -0.387 e. The number of hydrogen-bond donors (Lipinski definition) is 1. The molecule has 1 fully saturated rings. The summed E-state index contributed by atoms with van der Waals surface area (Å²) in [4.78, 5) is 0. The average Bonchev–Trinajstić information content (AvgIpc) is 1.98. The van der Waals surface area contributed by atoms with E-state index in [0.717, 1.165) is 4.31 Å². The molecule has 0 spiro atoms. The second-order valence-electron chi connectivity index (χ2n) is 3.64. The summed E-state index contributed by atoms with van der Waals surface area (Å²) in [6.07, 6.45) is 0.590. The maximum absolute atomic E-state index is 11.5. The lowest BCUT2D eigenvalue weighted by molar-refractivity contribution is -0.0630. The molecule has 0 aromatic carbocycles. The molecule has 0 aromatic rings. The lowest BCUT2D eigenvalue weighted by atomic mass is 9.94. The van der Waals surface area contributed by atoms with Crippen LogP contribution < -0.4 is 0 Å². The van der Waals surface area contributed by atoms with Gasteiger partial charge in [0.15, 0.2) is 0 Å². The van der Waals surface area contributed by atoms with E-state index in [2.05, 4.69) is 0 Å². The summed E-state index contributed by atoms with van der Waals surface area (Å²) in [5.41, 5.74) is -0.802. The predicted molar refractivity (Wildman–Crippen MR) is 49.4 cm³/mol. The fourth-order valence-corrected chi connectivity index (χ4v) is 2.50. The molecule has 0 bridgehead atoms. The first kappa shape index (κ1) is 10.9. The van der Waals surface area contributed by atoms with E-state index in [1.807, 2.05) is 6.92 Å². The van der Waals surface area contributed by atoms with Gasteiger partial charge in [0.05, 0.1) is 5.60 Å². The first-order chi connectivity index (χ1) is 5.82. The van der Waals surface area contributed by atoms with Crippen molar-refractivity contribution in [3.8, 4) is 0 Å². The van der Waals surface area contributed by atoms with E-state index in [-0.39, 0.29) is 13.1 Å². The van der Waals surface area contributed by atoms with E-state index < -0.39 is 15.8 Å². The van der Waals surface area contributed by atoms with Crippen molar-refractivity contribution in [1.29, 1.82) is 0 Å². The molecule has 1 aliphatic heterocycles. The van der Waals surface area contributed by atoms with Gasteiger partial charge in [-0.25, -0.2) is 0 Å². The SMILES string of the molecule is CCC1(O)CN(S(=O)(=O)N(C)C)C1. The number of hydrogen-bond acceptors (Lipinski definition) is 3. The van der Waals surface area contributed by atoms with Crippen LogP contribution in [0, 0.1) is 0 Å². The lowest BCUT2D eigenvalue weighted by Gasteiger charge is -2.45. The van der Waals surface area contributed by atoms with Crippen LogP contribution in [0.1, 0.15) is 13.3 Å². The quantitative estimate of drug-likeness (QED) is 0.664. The molecule has 0 saturated carbocycles. The number of nitrogens with zero attached hydrogens (tertiary/aromatic N) is 2. The third-order valence-corrected chi connectivity index (χ3v) is 4.22. The highest BCUT2D eigenvalue weighted by atomic mass is 32.2. The molecule has 0 radical (unpaired) electrons. The molecule has 0 aromatic heterocycles. The normalized spacial score (nSPS) is 23.2. The Morgan fingerprint density at radius 3 is 2.23 bits per heavy atom. The van der Waals surface area contributed by atoms with E-state index in [1.54, 1.807) is 0 Å². The third kappa shape index (κ3) is 1.85. The summed E-state index contributed by atoms with van der Waals surface area (Å²) < 4.78 is 25.3. The summed E-state index contributed by atoms with van der Waals surface area (Å²) in [5.74, 6) is 0. The van der Waals surface area contributed by atoms with Gasteiger partial charge in [-0.05, 0) is 6.42 Å². The monoisotopic (exact) mass is 208 g/mol. The summed E-state index contributed by atoms with van der Waals surface area (Å²) in [6.45, 7) is 2.27. The Kier molecular flexibility index (Phi) is 2.68. The zero-order valence-corrected chi connectivity index (χ0v) is 9.00. The van der Waals surface area contributed by atoms with Crippen molar-refractivity contribution in [3.63, 3.8) is 0 Å². The van der Waals surface area contributed by atoms with E-state index in [0.29, 0.717) is 6.42 Å². The fourth-order valence-electron chi connectivity index (χ4n) is 1.23. The summed E-state index contributed by atoms with van der Waals surface area (Å²) in [7, 11) is -0.345. The van der Waals surface area contributed by atoms with Gasteiger partial charge in [0, 0.05) is 27.2 Å². The fraction of sp³-hybridized carbons (Fsp3) is 1.00. The molecule has 0 atom stereocenters. The Labute approximate surface area is 79.1 Å². The average molecular weight is 208 g/mol. The smallest absolute Gasteiger partial charge is 0.281 e. The van der Waals surface area contributed by atoms with Crippen LogP contribution in [0.2, 0.25) is 0 Å². The number of rotatable bonds is 3. The molecule has 0 aliphatic carbocycles. The highest BCUT2D eigenvalue weighted by Crippen LogP contribution is 2.27. The summed E-state index contributed by atoms with van der Waals surface area (Å²) in [5, 5.41) is 9.61. The molecule has 1 heterocycles. The van der Waals surface area contributed by atoms with Crippen LogP contribution >= 0.6 is 0 Å². The molecular weight excluding hydrogens is 192 g/mol. The Morgan fingerprint density at radius 2 is 1.92 bits per heavy atom. The van der Waals surface area contributed by atoms with Crippen LogP contribution in [0.15, 0.2) is 0 Å². The van der Waals surface area contributed by atoms with Crippen molar-refractivity contribution in [1.82, 2.24) is 8.61 Å². The van der Waals surface area contributed by atoms with Gasteiger partial charge in [0.2, 0.25) is 0 Å². The standard InChI is InChI=1S/C7H16N2O3S/c1-4-7(10)5-9(6-7)13(11,12)8(2)3/h10H,4-6H2,1-3H3. The second kappa shape index (κ2) is 3.20. The zero-order valence-electron chi connectivity index (χ0n) is 8.19. The molecule has 6 heteroatoms. The Hall–Kier alpha value is -0.170. The molecule has 1 rings (SSSR count). The van der Waals surface area contributed by atoms with Crippen molar-refractivity contribution >= 4 is 10.2 Å². The summed E-state index contributed by atoms with van der Waals surface area (Å²) in [6, 6.07) is 0. The Morgan fingerprint density at radius 1 is 1.46 bits per heavy atom. The van der Waals surface area contributed by atoms with E-state index >= 15 is 0 Å². The van der Waals surface area contributed by atoms with Crippen LogP contribution in [0.4, 0.5) is 0 Å². The van der Waals surface area contributed by atoms with Crippen molar-refractivity contribution in [2.24, 2.45) is 0 Å². The maximum Gasteiger partial charge on any atom is 0.281 e. The minimum absolute atomic E-state index is 0.212. The molecule has 0 amide bonds. The highest BCUT2D eigenvalue weighted by Gasteiger charge is 2.46. The molecule has 1 aliphatic rings. The first-order valence-electron chi connectivity index (χ1n) is 4.22. The largest absolute Gasteiger partial charge is 0.387 e. The van der Waals surface area contributed by atoms with Gasteiger partial charge in [0.1, 0.15) is 0 Å². The highest BCUT2D eigenvalue weighted by molar-refractivity contribution is 7.86. The second-order valence-corrected chi connectivity index (χ2v) is 5.78. The van der Waals surface area contributed by atoms with Crippen molar-refractivity contribution in [3.05, 3.63) is 0 Å². The Bertz CT molecular complexity index is 280. The Balaban J connectivity index is 2.63. The van der Waals surface area contributed by atoms with E-state index in [1.165, 1.54) is 18.4 Å². The molecule has 0 unspecified atom stereocenters. The molecule has 1 saturated heterocycles. The van der Waals surface area contributed by atoms with Gasteiger partial charge < -0.3 is 5.11 Å². The predicted octanol–water partition coefficient (Wildman–Crippen LogP) is -0.750. The van der Waals surface area contributed by atoms with Crippen LogP contribution in [-0.2, 0) is 10.2 Å². The van der Waals surface area contributed by atoms with Gasteiger partial charge in [-0.15, -0.1) is 0 Å². The number of aliphatic hydroxyl groups is 1. The van der Waals surface area contributed by atoms with Gasteiger partial charge in [0.25, 0.3) is 10.2 Å². The van der Waals surface area contributed by atoms with Crippen LogP contribution in [0.25, 0.3) is 0 Å². The van der Waals surface area contributed by atoms with Gasteiger partial charge in [-0.2, -0.15) is 17.0 Å². The summed E-state index contributed by atoms with van der Waals surface area (Å²) >= 11 is 0. The molecule has 5 nitrogen and oxygen atoms in total. The molecule has 13 heavy (non-hydrogen) atoms. The molecule has 1 N–H and O–H groups in total. The van der Waals surface area contributed by atoms with Crippen LogP contribution in [-0.4, -0.2) is 54.9 Å². The maximum atomic E-state index is 11.5. The van der Waals surface area contributed by atoms with Crippen molar-refractivity contribution in [2.45, 2.75) is 18.9 Å². The van der Waals surface area contributed by atoms with Gasteiger partial charge in [-0.1, -0.05) is 6.92 Å². The van der Waals surface area contributed by atoms with Gasteiger partial charge in [-0.3, -0.25) is 0 Å². The van der Waals surface area contributed by atoms with Gasteiger partial charge >= 0.3 is 0 Å². The van der Waals surface area contributed by atoms with Crippen LogP contribution in [0.5, 0.6) is 0 Å². The first-order valence-corrected chi connectivity index (χ1v) is 5.61. The van der Waals surface area contributed by atoms with E-state index in [4.69, 9.17) is 0 Å². The minimum atomic E-state index is -3.31. The lowest BCUT2D eigenvalue weighted by Crippen LogP contribution is -2.64. The molecule has 78 valence electrons. The van der Waals surface area contributed by atoms with E-state index in [9.17, 15) is 13.5 Å². The van der Waals surface area contributed by atoms with Crippen molar-refractivity contribution in [2.75, 3.05) is 27.2 Å². The molecular formula is C7H16N2O3S. The zero-order chi connectivity index (χ0) is 10.3. The van der Waals surface area contributed by atoms with Crippen molar-refractivity contribution < 1.29 is 13.5 Å².